The van der Waals surface area contributed by atoms with E-state index < -0.39 is 0 Å². The molecule has 0 amide bonds. The molecule has 2 rings (SSSR count). The van der Waals surface area contributed by atoms with Gasteiger partial charge in [-0.05, 0) is 36.7 Å². The summed E-state index contributed by atoms with van der Waals surface area (Å²) in [4.78, 5) is 0. The lowest BCUT2D eigenvalue weighted by molar-refractivity contribution is 0.592. The number of hydrogen-bond donors (Lipinski definition) is 1. The zero-order valence-corrected chi connectivity index (χ0v) is 11.8. The molecule has 1 aromatic carbocycles. The van der Waals surface area contributed by atoms with Crippen LogP contribution in [0, 0.1) is 0 Å². The van der Waals surface area contributed by atoms with E-state index >= 15 is 0 Å². The molecule has 0 radical (unpaired) electrons. The fourth-order valence-electron chi connectivity index (χ4n) is 1.93. The molecule has 0 saturated carbocycles. The average Bonchev–Trinajstić information content (AvgIpc) is 2.75. The van der Waals surface area contributed by atoms with Crippen molar-refractivity contribution in [1.29, 1.82) is 0 Å². The van der Waals surface area contributed by atoms with Crippen molar-refractivity contribution in [2.75, 3.05) is 7.05 Å². The van der Waals surface area contributed by atoms with Gasteiger partial charge in [0.15, 0.2) is 0 Å². The third-order valence-corrected chi connectivity index (χ3v) is 3.63. The van der Waals surface area contributed by atoms with Gasteiger partial charge in [-0.1, -0.05) is 29.3 Å². The molecule has 0 aliphatic heterocycles. The van der Waals surface area contributed by atoms with Gasteiger partial charge in [-0.3, -0.25) is 4.68 Å². The Hall–Kier alpha value is -1.03. The maximum absolute atomic E-state index is 6.05. The summed E-state index contributed by atoms with van der Waals surface area (Å²) in [7, 11) is 3.85. The standard InChI is InChI=1S/C13H15Cl2N3/c1-16-13(5-9-7-17-18(2)8-9)10-3-4-11(14)12(15)6-10/h3-4,6-8,13,16H,5H2,1-2H3. The predicted octanol–water partition coefficient (Wildman–Crippen LogP) is 3.23. The van der Waals surface area contributed by atoms with Crippen LogP contribution in [0.25, 0.3) is 0 Å². The lowest BCUT2D eigenvalue weighted by Crippen LogP contribution is -2.18. The van der Waals surface area contributed by atoms with Crippen molar-refractivity contribution in [1.82, 2.24) is 15.1 Å². The normalized spacial score (nSPS) is 12.7. The highest BCUT2D eigenvalue weighted by molar-refractivity contribution is 6.42. The summed E-state index contributed by atoms with van der Waals surface area (Å²) in [5.74, 6) is 0. The number of rotatable bonds is 4. The van der Waals surface area contributed by atoms with Gasteiger partial charge < -0.3 is 5.32 Å². The molecule has 0 fully saturated rings. The molecule has 1 aromatic heterocycles. The number of aromatic nitrogens is 2. The Kier molecular flexibility index (Phi) is 4.27. The quantitative estimate of drug-likeness (QED) is 0.934. The van der Waals surface area contributed by atoms with Gasteiger partial charge in [0.2, 0.25) is 0 Å². The molecule has 1 atom stereocenters. The van der Waals surface area contributed by atoms with Gasteiger partial charge in [-0.2, -0.15) is 5.10 Å². The molecule has 0 bridgehead atoms. The molecule has 1 unspecified atom stereocenters. The van der Waals surface area contributed by atoms with Crippen LogP contribution >= 0.6 is 23.2 Å². The van der Waals surface area contributed by atoms with E-state index in [-0.39, 0.29) is 6.04 Å². The molecule has 1 heterocycles. The van der Waals surface area contributed by atoms with E-state index in [0.29, 0.717) is 10.0 Å². The fourth-order valence-corrected chi connectivity index (χ4v) is 2.24. The number of aryl methyl sites for hydroxylation is 1. The first-order valence-corrected chi connectivity index (χ1v) is 6.45. The smallest absolute Gasteiger partial charge is 0.0595 e. The van der Waals surface area contributed by atoms with Gasteiger partial charge in [-0.15, -0.1) is 0 Å². The van der Waals surface area contributed by atoms with E-state index in [2.05, 4.69) is 10.4 Å². The lowest BCUT2D eigenvalue weighted by Gasteiger charge is -2.16. The number of hydrogen-bond acceptors (Lipinski definition) is 2. The zero-order chi connectivity index (χ0) is 13.1. The topological polar surface area (TPSA) is 29.9 Å². The largest absolute Gasteiger partial charge is 0.313 e. The third-order valence-electron chi connectivity index (χ3n) is 2.89. The second-order valence-electron chi connectivity index (χ2n) is 4.24. The van der Waals surface area contributed by atoms with E-state index in [1.807, 2.05) is 44.7 Å². The molecule has 2 aromatic rings. The van der Waals surface area contributed by atoms with Gasteiger partial charge in [0, 0.05) is 19.3 Å². The molecule has 5 heteroatoms. The van der Waals surface area contributed by atoms with Gasteiger partial charge in [-0.25, -0.2) is 0 Å². The maximum Gasteiger partial charge on any atom is 0.0595 e. The summed E-state index contributed by atoms with van der Waals surface area (Å²) in [6.07, 6.45) is 4.76. The Morgan fingerprint density at radius 2 is 2.11 bits per heavy atom. The SMILES string of the molecule is CNC(Cc1cnn(C)c1)c1ccc(Cl)c(Cl)c1. The summed E-state index contributed by atoms with van der Waals surface area (Å²) in [6, 6.07) is 5.92. The first-order chi connectivity index (χ1) is 8.60. The number of likely N-dealkylation sites (N-methyl/N-ethyl adjacent to an activating group) is 1. The summed E-state index contributed by atoms with van der Waals surface area (Å²) in [5.41, 5.74) is 2.30. The Bertz CT molecular complexity index is 537. The zero-order valence-electron chi connectivity index (χ0n) is 10.3. The molecule has 1 N–H and O–H groups in total. The highest BCUT2D eigenvalue weighted by Gasteiger charge is 2.12. The fraction of sp³-hybridized carbons (Fsp3) is 0.308. The molecular weight excluding hydrogens is 269 g/mol. The summed E-state index contributed by atoms with van der Waals surface area (Å²) >= 11 is 12.0. The van der Waals surface area contributed by atoms with Crippen LogP contribution in [-0.4, -0.2) is 16.8 Å². The second-order valence-corrected chi connectivity index (χ2v) is 5.06. The number of nitrogens with zero attached hydrogens (tertiary/aromatic N) is 2. The molecule has 96 valence electrons. The minimum absolute atomic E-state index is 0.198. The van der Waals surface area contributed by atoms with Crippen LogP contribution in [0.5, 0.6) is 0 Å². The number of benzene rings is 1. The van der Waals surface area contributed by atoms with Gasteiger partial charge >= 0.3 is 0 Å². The van der Waals surface area contributed by atoms with E-state index in [1.165, 1.54) is 5.56 Å². The minimum Gasteiger partial charge on any atom is -0.313 e. The molecular formula is C13H15Cl2N3. The number of halogens is 2. The van der Waals surface area contributed by atoms with Crippen LogP contribution in [0.2, 0.25) is 10.0 Å². The van der Waals surface area contributed by atoms with E-state index in [4.69, 9.17) is 23.2 Å². The van der Waals surface area contributed by atoms with Crippen molar-refractivity contribution in [2.45, 2.75) is 12.5 Å². The lowest BCUT2D eigenvalue weighted by atomic mass is 10.0. The van der Waals surface area contributed by atoms with Crippen molar-refractivity contribution in [3.8, 4) is 0 Å². The average molecular weight is 284 g/mol. The monoisotopic (exact) mass is 283 g/mol. The summed E-state index contributed by atoms with van der Waals surface area (Å²) in [6.45, 7) is 0. The third kappa shape index (κ3) is 3.05. The predicted molar refractivity (Wildman–Crippen MR) is 75.2 cm³/mol. The van der Waals surface area contributed by atoms with E-state index in [0.717, 1.165) is 12.0 Å². The van der Waals surface area contributed by atoms with Crippen LogP contribution in [0.4, 0.5) is 0 Å². The first kappa shape index (κ1) is 13.4. The van der Waals surface area contributed by atoms with Crippen LogP contribution in [0.3, 0.4) is 0 Å². The molecule has 18 heavy (non-hydrogen) atoms. The summed E-state index contributed by atoms with van der Waals surface area (Å²) in [5, 5.41) is 8.62. The highest BCUT2D eigenvalue weighted by atomic mass is 35.5. The Balaban J connectivity index is 2.19. The van der Waals surface area contributed by atoms with Crippen molar-refractivity contribution in [3.05, 3.63) is 51.8 Å². The van der Waals surface area contributed by atoms with E-state index in [9.17, 15) is 0 Å². The molecule has 0 saturated heterocycles. The second kappa shape index (κ2) is 5.74. The molecule has 3 nitrogen and oxygen atoms in total. The van der Waals surface area contributed by atoms with Crippen molar-refractivity contribution in [3.63, 3.8) is 0 Å². The van der Waals surface area contributed by atoms with Crippen molar-refractivity contribution in [2.24, 2.45) is 7.05 Å². The van der Waals surface area contributed by atoms with Gasteiger partial charge in [0.05, 0.1) is 16.2 Å². The van der Waals surface area contributed by atoms with Crippen LogP contribution in [0.1, 0.15) is 17.2 Å². The first-order valence-electron chi connectivity index (χ1n) is 5.70. The van der Waals surface area contributed by atoms with Crippen LogP contribution < -0.4 is 5.32 Å². The Morgan fingerprint density at radius 1 is 1.33 bits per heavy atom. The van der Waals surface area contributed by atoms with Crippen molar-refractivity contribution < 1.29 is 0 Å². The van der Waals surface area contributed by atoms with Crippen LogP contribution in [0.15, 0.2) is 30.6 Å². The number of nitrogens with one attached hydrogen (secondary N) is 1. The highest BCUT2D eigenvalue weighted by Crippen LogP contribution is 2.27. The minimum atomic E-state index is 0.198. The van der Waals surface area contributed by atoms with Crippen LogP contribution in [-0.2, 0) is 13.5 Å². The van der Waals surface area contributed by atoms with Gasteiger partial charge in [0.25, 0.3) is 0 Å². The van der Waals surface area contributed by atoms with E-state index in [1.54, 1.807) is 4.68 Å². The summed E-state index contributed by atoms with van der Waals surface area (Å²) < 4.78 is 1.80. The molecule has 0 aliphatic rings. The molecule has 0 aliphatic carbocycles. The van der Waals surface area contributed by atoms with Gasteiger partial charge in [0.1, 0.15) is 0 Å². The Morgan fingerprint density at radius 3 is 2.67 bits per heavy atom. The Labute approximate surface area is 117 Å². The molecule has 0 spiro atoms. The maximum atomic E-state index is 6.05. The van der Waals surface area contributed by atoms with Crippen molar-refractivity contribution >= 4 is 23.2 Å².